The van der Waals surface area contributed by atoms with Gasteiger partial charge in [-0.25, -0.2) is 14.4 Å². The highest BCUT2D eigenvalue weighted by molar-refractivity contribution is 5.80. The lowest BCUT2D eigenvalue weighted by atomic mass is 10.2. The second-order valence-corrected chi connectivity index (χ2v) is 4.88. The van der Waals surface area contributed by atoms with Gasteiger partial charge in [-0.15, -0.1) is 0 Å². The highest BCUT2D eigenvalue weighted by atomic mass is 16.5. The van der Waals surface area contributed by atoms with Gasteiger partial charge in [-0.05, 0) is 6.07 Å². The quantitative estimate of drug-likeness (QED) is 0.596. The van der Waals surface area contributed by atoms with Crippen LogP contribution in [-0.4, -0.2) is 54.8 Å². The van der Waals surface area contributed by atoms with Gasteiger partial charge in [0.25, 0.3) is 0 Å². The fourth-order valence-electron chi connectivity index (χ4n) is 2.55. The Morgan fingerprint density at radius 1 is 1.39 bits per heavy atom. The van der Waals surface area contributed by atoms with Crippen LogP contribution in [0.2, 0.25) is 0 Å². The van der Waals surface area contributed by atoms with E-state index in [1.54, 1.807) is 0 Å². The summed E-state index contributed by atoms with van der Waals surface area (Å²) in [6.45, 7) is 1.10. The normalized spacial score (nSPS) is 23.5. The van der Waals surface area contributed by atoms with E-state index in [0.717, 1.165) is 11.5 Å². The number of carboxylic acids is 1. The van der Waals surface area contributed by atoms with Crippen molar-refractivity contribution < 1.29 is 29.3 Å². The summed E-state index contributed by atoms with van der Waals surface area (Å²) in [5.74, 6) is -2.22. The summed E-state index contributed by atoms with van der Waals surface area (Å²) in [6, 6.07) is -0.216. The van der Waals surface area contributed by atoms with Crippen LogP contribution in [-0.2, 0) is 14.3 Å². The molecule has 0 bridgehead atoms. The number of esters is 1. The van der Waals surface area contributed by atoms with Crippen molar-refractivity contribution in [3.63, 3.8) is 0 Å². The SMILES string of the molecule is CC(=O)O[C@@H]1C[C@@H](C(=O)O)N(C(=O)O)[C@H]1n1ccc(N)nc1=O. The molecule has 23 heavy (non-hydrogen) atoms. The second kappa shape index (κ2) is 5.94. The number of hydrogen-bond donors (Lipinski definition) is 3. The highest BCUT2D eigenvalue weighted by Crippen LogP contribution is 2.34. The predicted octanol–water partition coefficient (Wildman–Crippen LogP) is -0.907. The fourth-order valence-corrected chi connectivity index (χ4v) is 2.55. The lowest BCUT2D eigenvalue weighted by Crippen LogP contribution is -2.46. The van der Waals surface area contributed by atoms with Crippen LogP contribution >= 0.6 is 0 Å². The van der Waals surface area contributed by atoms with Crippen molar-refractivity contribution in [2.24, 2.45) is 0 Å². The molecule has 1 aliphatic rings. The Bertz CT molecular complexity index is 716. The summed E-state index contributed by atoms with van der Waals surface area (Å²) in [5, 5.41) is 18.5. The van der Waals surface area contributed by atoms with Crippen LogP contribution < -0.4 is 11.4 Å². The lowest BCUT2D eigenvalue weighted by Gasteiger charge is -2.28. The third-order valence-electron chi connectivity index (χ3n) is 3.37. The molecule has 1 fully saturated rings. The molecule has 0 saturated carbocycles. The molecule has 1 aliphatic heterocycles. The van der Waals surface area contributed by atoms with Gasteiger partial charge >= 0.3 is 23.7 Å². The number of amides is 1. The second-order valence-electron chi connectivity index (χ2n) is 4.88. The number of carbonyl (C=O) groups is 3. The molecule has 1 aromatic rings. The molecule has 0 aromatic carbocycles. The van der Waals surface area contributed by atoms with Crippen LogP contribution in [0.15, 0.2) is 17.1 Å². The maximum atomic E-state index is 12.0. The van der Waals surface area contributed by atoms with Gasteiger partial charge in [0, 0.05) is 19.5 Å². The van der Waals surface area contributed by atoms with E-state index >= 15 is 0 Å². The number of nitrogens with zero attached hydrogens (tertiary/aromatic N) is 3. The first kappa shape index (κ1) is 16.3. The van der Waals surface area contributed by atoms with Gasteiger partial charge in [0.15, 0.2) is 6.17 Å². The largest absolute Gasteiger partial charge is 0.480 e. The van der Waals surface area contributed by atoms with Gasteiger partial charge < -0.3 is 20.7 Å². The number of anilines is 1. The smallest absolute Gasteiger partial charge is 0.409 e. The summed E-state index contributed by atoms with van der Waals surface area (Å²) in [5.41, 5.74) is 4.49. The van der Waals surface area contributed by atoms with E-state index in [1.165, 1.54) is 12.3 Å². The first-order valence-corrected chi connectivity index (χ1v) is 6.48. The maximum absolute atomic E-state index is 12.0. The van der Waals surface area contributed by atoms with Crippen LogP contribution in [0.3, 0.4) is 0 Å². The molecule has 2 heterocycles. The molecular weight excluding hydrogens is 312 g/mol. The first-order chi connectivity index (χ1) is 10.7. The van der Waals surface area contributed by atoms with Crippen molar-refractivity contribution in [3.05, 3.63) is 22.7 Å². The van der Waals surface area contributed by atoms with E-state index in [-0.39, 0.29) is 12.2 Å². The Morgan fingerprint density at radius 2 is 2.04 bits per heavy atom. The molecule has 0 radical (unpaired) electrons. The van der Waals surface area contributed by atoms with Gasteiger partial charge in [0.05, 0.1) is 0 Å². The van der Waals surface area contributed by atoms with Crippen molar-refractivity contribution >= 4 is 23.8 Å². The summed E-state index contributed by atoms with van der Waals surface area (Å²) < 4.78 is 5.87. The predicted molar refractivity (Wildman–Crippen MR) is 73.4 cm³/mol. The molecule has 124 valence electrons. The summed E-state index contributed by atoms with van der Waals surface area (Å²) in [6.07, 6.45) is -3.18. The zero-order valence-corrected chi connectivity index (χ0v) is 11.9. The minimum Gasteiger partial charge on any atom is -0.480 e. The number of rotatable bonds is 3. The monoisotopic (exact) mass is 326 g/mol. The molecule has 4 N–H and O–H groups in total. The Kier molecular flexibility index (Phi) is 4.20. The average Bonchev–Trinajstić information content (AvgIpc) is 2.77. The van der Waals surface area contributed by atoms with E-state index in [2.05, 4.69) is 4.98 Å². The van der Waals surface area contributed by atoms with Crippen LogP contribution in [0.5, 0.6) is 0 Å². The summed E-state index contributed by atoms with van der Waals surface area (Å²) in [7, 11) is 0. The topological polar surface area (TPSA) is 165 Å². The van der Waals surface area contributed by atoms with Crippen molar-refractivity contribution in [1.82, 2.24) is 14.5 Å². The van der Waals surface area contributed by atoms with Crippen LogP contribution in [0.4, 0.5) is 10.6 Å². The standard InChI is InChI=1S/C12H14N4O7/c1-5(17)23-7-4-6(10(18)19)16(12(21)22)9(7)15-3-2-8(13)14-11(15)20/h2-3,6-7,9H,4H2,1H3,(H,18,19)(H,21,22)(H2,13,14,20)/t6-,7+,9+/m0/s1. The van der Waals surface area contributed by atoms with Crippen molar-refractivity contribution in [3.8, 4) is 0 Å². The Hall–Kier alpha value is -3.11. The van der Waals surface area contributed by atoms with Crippen LogP contribution in [0.1, 0.15) is 19.5 Å². The fraction of sp³-hybridized carbons (Fsp3) is 0.417. The molecule has 0 spiro atoms. The van der Waals surface area contributed by atoms with Gasteiger partial charge in [-0.3, -0.25) is 14.3 Å². The summed E-state index contributed by atoms with van der Waals surface area (Å²) in [4.78, 5) is 50.0. The molecule has 0 aliphatic carbocycles. The summed E-state index contributed by atoms with van der Waals surface area (Å²) >= 11 is 0. The number of carbonyl (C=O) groups excluding carboxylic acids is 1. The van der Waals surface area contributed by atoms with Crippen LogP contribution in [0.25, 0.3) is 0 Å². The zero-order valence-electron chi connectivity index (χ0n) is 11.9. The Morgan fingerprint density at radius 3 is 2.52 bits per heavy atom. The lowest BCUT2D eigenvalue weighted by molar-refractivity contribution is -0.149. The molecule has 1 saturated heterocycles. The van der Waals surface area contributed by atoms with E-state index in [0.29, 0.717) is 4.90 Å². The van der Waals surface area contributed by atoms with E-state index < -0.39 is 42.0 Å². The van der Waals surface area contributed by atoms with E-state index in [9.17, 15) is 29.4 Å². The molecule has 0 unspecified atom stereocenters. The average molecular weight is 326 g/mol. The van der Waals surface area contributed by atoms with Crippen molar-refractivity contribution in [2.75, 3.05) is 5.73 Å². The number of aliphatic carboxylic acids is 1. The third kappa shape index (κ3) is 3.07. The first-order valence-electron chi connectivity index (χ1n) is 6.48. The number of likely N-dealkylation sites (tertiary alicyclic amines) is 1. The number of ether oxygens (including phenoxy) is 1. The molecule has 1 aromatic heterocycles. The van der Waals surface area contributed by atoms with Gasteiger partial charge in [-0.2, -0.15) is 4.98 Å². The number of nitrogen functional groups attached to an aromatic ring is 1. The Balaban J connectivity index is 2.55. The molecule has 2 rings (SSSR count). The van der Waals surface area contributed by atoms with Crippen LogP contribution in [0, 0.1) is 0 Å². The zero-order chi connectivity index (χ0) is 17.3. The minimum absolute atomic E-state index is 0.0788. The van der Waals surface area contributed by atoms with E-state index in [1.807, 2.05) is 0 Å². The number of carboxylic acid groups (broad SMARTS) is 2. The molecule has 3 atom stereocenters. The van der Waals surface area contributed by atoms with Gasteiger partial charge in [0.2, 0.25) is 0 Å². The van der Waals surface area contributed by atoms with Crippen molar-refractivity contribution in [2.45, 2.75) is 31.7 Å². The van der Waals surface area contributed by atoms with Crippen molar-refractivity contribution in [1.29, 1.82) is 0 Å². The van der Waals surface area contributed by atoms with Gasteiger partial charge in [-0.1, -0.05) is 0 Å². The van der Waals surface area contributed by atoms with Gasteiger partial charge in [0.1, 0.15) is 18.0 Å². The minimum atomic E-state index is -1.57. The maximum Gasteiger partial charge on any atom is 0.409 e. The Labute approximate surface area is 128 Å². The highest BCUT2D eigenvalue weighted by Gasteiger charge is 2.50. The van der Waals surface area contributed by atoms with E-state index in [4.69, 9.17) is 10.5 Å². The number of aromatic nitrogens is 2. The number of hydrogen-bond acceptors (Lipinski definition) is 7. The molecule has 11 nitrogen and oxygen atoms in total. The third-order valence-corrected chi connectivity index (χ3v) is 3.37. The molecule has 1 amide bonds. The molecule has 11 heteroatoms. The molecular formula is C12H14N4O7. The number of nitrogens with two attached hydrogens (primary N) is 1.